The second-order valence-corrected chi connectivity index (χ2v) is 7.78. The molecule has 9 nitrogen and oxygen atoms in total. The summed E-state index contributed by atoms with van der Waals surface area (Å²) in [7, 11) is 0. The molecule has 0 aliphatic heterocycles. The first-order valence-electron chi connectivity index (χ1n) is 10.4. The van der Waals surface area contributed by atoms with Gasteiger partial charge in [-0.2, -0.15) is 5.10 Å². The zero-order chi connectivity index (χ0) is 22.8. The van der Waals surface area contributed by atoms with Crippen LogP contribution >= 0.6 is 0 Å². The molecule has 3 heterocycles. The van der Waals surface area contributed by atoms with Crippen molar-refractivity contribution < 1.29 is 18.5 Å². The predicted molar refractivity (Wildman–Crippen MR) is 115 cm³/mol. The summed E-state index contributed by atoms with van der Waals surface area (Å²) in [5.74, 6) is -0.219. The number of aromatic nitrogens is 5. The minimum atomic E-state index is -0.341. The molecule has 0 bridgehead atoms. The Bertz CT molecular complexity index is 1320. The summed E-state index contributed by atoms with van der Waals surface area (Å²) in [6.45, 7) is 0.168. The van der Waals surface area contributed by atoms with Gasteiger partial charge in [-0.15, -0.1) is 0 Å². The molecule has 1 saturated carbocycles. The molecule has 33 heavy (non-hydrogen) atoms. The van der Waals surface area contributed by atoms with E-state index < -0.39 is 0 Å². The number of hydrogen-bond acceptors (Lipinski definition) is 7. The standard InChI is InChI=1S/C23H19FN6O3/c24-17-4-2-1-3-15(17)13-30-20(18-8-10-33-29-18)12-19(28-30)22-25-9-7-21(26-22)27-23(32)14-5-6-16(31)11-14/h1-4,7-10,12,14H,5-6,11,13H2,(H,25,26,27,32). The lowest BCUT2D eigenvalue weighted by atomic mass is 10.1. The molecular formula is C23H19FN6O3. The monoisotopic (exact) mass is 446 g/mol. The first-order valence-corrected chi connectivity index (χ1v) is 10.4. The number of halogens is 1. The number of ketones is 1. The van der Waals surface area contributed by atoms with Crippen molar-refractivity contribution in [3.63, 3.8) is 0 Å². The van der Waals surface area contributed by atoms with E-state index in [0.29, 0.717) is 41.3 Å². The maximum atomic E-state index is 14.2. The van der Waals surface area contributed by atoms with Crippen LogP contribution in [0.2, 0.25) is 0 Å². The Morgan fingerprint density at radius 1 is 1.21 bits per heavy atom. The van der Waals surface area contributed by atoms with Crippen LogP contribution in [-0.2, 0) is 16.1 Å². The number of anilines is 1. The average molecular weight is 446 g/mol. The van der Waals surface area contributed by atoms with Gasteiger partial charge >= 0.3 is 0 Å². The summed E-state index contributed by atoms with van der Waals surface area (Å²) in [5.41, 5.74) is 2.02. The smallest absolute Gasteiger partial charge is 0.229 e. The largest absolute Gasteiger partial charge is 0.364 e. The number of carbonyl (C=O) groups excluding carboxylic acids is 2. The van der Waals surface area contributed by atoms with Gasteiger partial charge in [-0.25, -0.2) is 14.4 Å². The quantitative estimate of drug-likeness (QED) is 0.482. The molecule has 1 unspecified atom stereocenters. The minimum absolute atomic E-state index is 0.0966. The molecule has 1 amide bonds. The first-order chi connectivity index (χ1) is 16.1. The van der Waals surface area contributed by atoms with Crippen LogP contribution in [0.3, 0.4) is 0 Å². The molecule has 1 aliphatic carbocycles. The molecule has 3 aromatic heterocycles. The van der Waals surface area contributed by atoms with E-state index in [1.807, 2.05) is 0 Å². The van der Waals surface area contributed by atoms with Crippen molar-refractivity contribution in [3.8, 4) is 22.9 Å². The van der Waals surface area contributed by atoms with Gasteiger partial charge in [0.1, 0.15) is 35.1 Å². The second kappa shape index (κ2) is 8.73. The van der Waals surface area contributed by atoms with E-state index >= 15 is 0 Å². The Balaban J connectivity index is 1.44. The highest BCUT2D eigenvalue weighted by Gasteiger charge is 2.28. The molecule has 1 fully saturated rings. The van der Waals surface area contributed by atoms with E-state index in [4.69, 9.17) is 4.52 Å². The molecule has 5 rings (SSSR count). The van der Waals surface area contributed by atoms with Crippen LogP contribution in [0.1, 0.15) is 24.8 Å². The number of rotatable bonds is 6. The summed E-state index contributed by atoms with van der Waals surface area (Å²) < 4.78 is 20.8. The zero-order valence-corrected chi connectivity index (χ0v) is 17.4. The van der Waals surface area contributed by atoms with Crippen molar-refractivity contribution in [2.24, 2.45) is 5.92 Å². The highest BCUT2D eigenvalue weighted by molar-refractivity contribution is 5.96. The maximum Gasteiger partial charge on any atom is 0.229 e. The number of nitrogens with zero attached hydrogens (tertiary/aromatic N) is 5. The van der Waals surface area contributed by atoms with Crippen molar-refractivity contribution >= 4 is 17.5 Å². The van der Waals surface area contributed by atoms with Crippen molar-refractivity contribution in [2.45, 2.75) is 25.8 Å². The molecule has 1 aliphatic rings. The van der Waals surface area contributed by atoms with Gasteiger partial charge in [-0.1, -0.05) is 23.4 Å². The fourth-order valence-corrected chi connectivity index (χ4v) is 3.80. The van der Waals surface area contributed by atoms with Crippen LogP contribution in [-0.4, -0.2) is 36.6 Å². The first kappa shape index (κ1) is 20.7. The van der Waals surface area contributed by atoms with E-state index in [9.17, 15) is 14.0 Å². The van der Waals surface area contributed by atoms with Gasteiger partial charge in [-0.3, -0.25) is 14.3 Å². The molecule has 4 aromatic rings. The lowest BCUT2D eigenvalue weighted by Gasteiger charge is -2.09. The van der Waals surface area contributed by atoms with Gasteiger partial charge in [0.2, 0.25) is 5.91 Å². The maximum absolute atomic E-state index is 14.2. The highest BCUT2D eigenvalue weighted by atomic mass is 19.1. The van der Waals surface area contributed by atoms with E-state index in [2.05, 4.69) is 25.5 Å². The van der Waals surface area contributed by atoms with E-state index in [-0.39, 0.29) is 42.2 Å². The minimum Gasteiger partial charge on any atom is -0.364 e. The van der Waals surface area contributed by atoms with Crippen molar-refractivity contribution in [1.82, 2.24) is 24.9 Å². The van der Waals surface area contributed by atoms with Gasteiger partial charge in [0.25, 0.3) is 0 Å². The molecule has 10 heteroatoms. The van der Waals surface area contributed by atoms with Crippen LogP contribution in [0.5, 0.6) is 0 Å². The van der Waals surface area contributed by atoms with Crippen LogP contribution in [0.4, 0.5) is 10.2 Å². The number of Topliss-reactive ketones (excluding diaryl/α,β-unsaturated/α-hetero) is 1. The van der Waals surface area contributed by atoms with Gasteiger partial charge in [0.15, 0.2) is 5.82 Å². The SMILES string of the molecule is O=C1CCC(C(=O)Nc2ccnc(-c3cc(-c4ccon4)n(Cc4ccccc4F)n3)n2)C1. The average Bonchev–Trinajstić information content (AvgIpc) is 3.56. The Hall–Kier alpha value is -4.21. The molecule has 0 saturated heterocycles. The zero-order valence-electron chi connectivity index (χ0n) is 17.4. The Kier molecular flexibility index (Phi) is 5.47. The molecule has 1 aromatic carbocycles. The van der Waals surface area contributed by atoms with Crippen LogP contribution < -0.4 is 5.32 Å². The predicted octanol–water partition coefficient (Wildman–Crippen LogP) is 3.49. The Labute approximate surface area is 187 Å². The lowest BCUT2D eigenvalue weighted by molar-refractivity contribution is -0.122. The Morgan fingerprint density at radius 3 is 2.85 bits per heavy atom. The van der Waals surface area contributed by atoms with Crippen LogP contribution in [0.15, 0.2) is 59.4 Å². The van der Waals surface area contributed by atoms with Gasteiger partial charge < -0.3 is 9.84 Å². The summed E-state index contributed by atoms with van der Waals surface area (Å²) in [6, 6.07) is 11.4. The Morgan fingerprint density at radius 2 is 2.09 bits per heavy atom. The normalized spacial score (nSPS) is 15.7. The number of amides is 1. The molecule has 1 N–H and O–H groups in total. The van der Waals surface area contributed by atoms with E-state index in [0.717, 1.165) is 0 Å². The topological polar surface area (TPSA) is 116 Å². The van der Waals surface area contributed by atoms with Gasteiger partial charge in [-0.05, 0) is 24.6 Å². The van der Waals surface area contributed by atoms with Crippen molar-refractivity contribution in [2.75, 3.05) is 5.32 Å². The third-order valence-corrected chi connectivity index (χ3v) is 5.51. The molecular weight excluding hydrogens is 427 g/mol. The molecule has 0 radical (unpaired) electrons. The lowest BCUT2D eigenvalue weighted by Crippen LogP contribution is -2.21. The van der Waals surface area contributed by atoms with Gasteiger partial charge in [0.05, 0.1) is 12.2 Å². The summed E-state index contributed by atoms with van der Waals surface area (Å²) >= 11 is 0. The van der Waals surface area contributed by atoms with Crippen LogP contribution in [0, 0.1) is 11.7 Å². The van der Waals surface area contributed by atoms with Crippen molar-refractivity contribution in [1.29, 1.82) is 0 Å². The van der Waals surface area contributed by atoms with Crippen molar-refractivity contribution in [3.05, 3.63) is 66.3 Å². The summed E-state index contributed by atoms with van der Waals surface area (Å²) in [5, 5.41) is 11.3. The molecule has 166 valence electrons. The fourth-order valence-electron chi connectivity index (χ4n) is 3.80. The molecule has 0 spiro atoms. The second-order valence-electron chi connectivity index (χ2n) is 7.78. The molecule has 1 atom stereocenters. The highest BCUT2D eigenvalue weighted by Crippen LogP contribution is 2.26. The van der Waals surface area contributed by atoms with E-state index in [1.54, 1.807) is 41.1 Å². The van der Waals surface area contributed by atoms with Crippen LogP contribution in [0.25, 0.3) is 22.9 Å². The number of hydrogen-bond donors (Lipinski definition) is 1. The number of carbonyl (C=O) groups is 2. The summed E-state index contributed by atoms with van der Waals surface area (Å²) in [6.07, 6.45) is 4.19. The van der Waals surface area contributed by atoms with Gasteiger partial charge in [0, 0.05) is 36.6 Å². The summed E-state index contributed by atoms with van der Waals surface area (Å²) in [4.78, 5) is 32.6. The third kappa shape index (κ3) is 4.40. The van der Waals surface area contributed by atoms with E-state index in [1.165, 1.54) is 18.5 Å². The fraction of sp³-hybridized carbons (Fsp3) is 0.217. The third-order valence-electron chi connectivity index (χ3n) is 5.51. The number of nitrogens with one attached hydrogen (secondary N) is 1. The number of benzene rings is 1.